The molecule has 1 saturated heterocycles. The van der Waals surface area contributed by atoms with E-state index >= 15 is 0 Å². The third-order valence-electron chi connectivity index (χ3n) is 6.94. The Morgan fingerprint density at radius 2 is 2.03 bits per heavy atom. The number of amides is 2. The molecule has 0 radical (unpaired) electrons. The van der Waals surface area contributed by atoms with Crippen LogP contribution in [0.25, 0.3) is 11.1 Å². The summed E-state index contributed by atoms with van der Waals surface area (Å²) in [6.45, 7) is 1.81. The fourth-order valence-electron chi connectivity index (χ4n) is 4.96. The van der Waals surface area contributed by atoms with Crippen LogP contribution in [0.4, 0.5) is 14.5 Å². The monoisotopic (exact) mass is 602 g/mol. The molecule has 0 spiro atoms. The Hall–Kier alpha value is -3.34. The normalized spacial score (nSPS) is 19.6. The SMILES string of the molecule is CC12CCCN1N(Cc1cccc(F)c1F)C(=O)C(C(=O)Nc1ccc(Br)cc1-c1ccc(Cl)nc1)=C2O. The molecule has 2 N–H and O–H groups in total. The van der Waals surface area contributed by atoms with Crippen molar-refractivity contribution >= 4 is 45.0 Å². The Morgan fingerprint density at radius 1 is 1.24 bits per heavy atom. The Morgan fingerprint density at radius 3 is 2.76 bits per heavy atom. The molecule has 1 atom stereocenters. The van der Waals surface area contributed by atoms with Gasteiger partial charge in [-0.25, -0.2) is 18.8 Å². The van der Waals surface area contributed by atoms with Gasteiger partial charge in [0.2, 0.25) is 0 Å². The van der Waals surface area contributed by atoms with E-state index in [4.69, 9.17) is 11.6 Å². The molecule has 1 fully saturated rings. The molecule has 2 aromatic carbocycles. The Bertz CT molecular complexity index is 1480. The molecule has 0 bridgehead atoms. The van der Waals surface area contributed by atoms with E-state index in [9.17, 15) is 23.5 Å². The summed E-state index contributed by atoms with van der Waals surface area (Å²) in [4.78, 5) is 31.3. The summed E-state index contributed by atoms with van der Waals surface area (Å²) in [5.74, 6) is -4.10. The van der Waals surface area contributed by atoms with Crippen molar-refractivity contribution < 1.29 is 23.5 Å². The third kappa shape index (κ3) is 4.57. The van der Waals surface area contributed by atoms with Crippen LogP contribution in [0.15, 0.2) is 70.5 Å². The number of hydrazine groups is 1. The molecule has 7 nitrogen and oxygen atoms in total. The van der Waals surface area contributed by atoms with E-state index in [1.54, 1.807) is 48.5 Å². The first-order valence-electron chi connectivity index (χ1n) is 11.8. The van der Waals surface area contributed by atoms with Crippen LogP contribution in [-0.4, -0.2) is 44.0 Å². The first-order chi connectivity index (χ1) is 18.1. The second kappa shape index (κ2) is 10.1. The molecule has 38 heavy (non-hydrogen) atoms. The first-order valence-corrected chi connectivity index (χ1v) is 13.0. The zero-order valence-electron chi connectivity index (χ0n) is 20.1. The molecule has 196 valence electrons. The van der Waals surface area contributed by atoms with Gasteiger partial charge in [-0.05, 0) is 56.2 Å². The van der Waals surface area contributed by atoms with Crippen LogP contribution in [0.5, 0.6) is 0 Å². The summed E-state index contributed by atoms with van der Waals surface area (Å²) >= 11 is 9.35. The number of carbonyl (C=O) groups is 2. The molecule has 0 saturated carbocycles. The van der Waals surface area contributed by atoms with Crippen molar-refractivity contribution in [2.45, 2.75) is 31.8 Å². The number of carbonyl (C=O) groups excluding carboxylic acids is 2. The number of nitrogens with one attached hydrogen (secondary N) is 1. The van der Waals surface area contributed by atoms with Gasteiger partial charge < -0.3 is 10.4 Å². The molecular formula is C27H22BrClF2N4O3. The van der Waals surface area contributed by atoms with Crippen LogP contribution >= 0.6 is 27.5 Å². The topological polar surface area (TPSA) is 85.8 Å². The average molecular weight is 604 g/mol. The van der Waals surface area contributed by atoms with E-state index in [1.165, 1.54) is 17.1 Å². The lowest BCUT2D eigenvalue weighted by molar-refractivity contribution is -0.160. The molecule has 2 aliphatic heterocycles. The van der Waals surface area contributed by atoms with E-state index in [-0.39, 0.29) is 17.9 Å². The van der Waals surface area contributed by atoms with Crippen LogP contribution in [0.2, 0.25) is 5.15 Å². The van der Waals surface area contributed by atoms with Crippen molar-refractivity contribution in [3.8, 4) is 11.1 Å². The summed E-state index contributed by atoms with van der Waals surface area (Å²) in [6.07, 6.45) is 2.64. The van der Waals surface area contributed by atoms with Crippen LogP contribution < -0.4 is 5.32 Å². The van der Waals surface area contributed by atoms with Crippen LogP contribution in [0.3, 0.4) is 0 Å². The number of hydrogen-bond acceptors (Lipinski definition) is 5. The molecule has 1 aromatic heterocycles. The molecule has 5 rings (SSSR count). The third-order valence-corrected chi connectivity index (χ3v) is 7.65. The number of halogens is 4. The number of rotatable bonds is 5. The highest BCUT2D eigenvalue weighted by Gasteiger charge is 2.52. The van der Waals surface area contributed by atoms with Gasteiger partial charge in [-0.15, -0.1) is 0 Å². The number of aliphatic hydroxyl groups is 1. The summed E-state index contributed by atoms with van der Waals surface area (Å²) in [5.41, 5.74) is 0.0818. The smallest absolute Gasteiger partial charge is 0.277 e. The first kappa shape index (κ1) is 26.3. The lowest BCUT2D eigenvalue weighted by atomic mass is 9.90. The highest BCUT2D eigenvalue weighted by Crippen LogP contribution is 2.42. The number of hydrogen-bond donors (Lipinski definition) is 2. The van der Waals surface area contributed by atoms with Crippen LogP contribution in [-0.2, 0) is 16.1 Å². The molecule has 11 heteroatoms. The van der Waals surface area contributed by atoms with Crippen LogP contribution in [0.1, 0.15) is 25.3 Å². The highest BCUT2D eigenvalue weighted by molar-refractivity contribution is 9.10. The van der Waals surface area contributed by atoms with Crippen molar-refractivity contribution in [3.63, 3.8) is 0 Å². The minimum atomic E-state index is -1.07. The maximum atomic E-state index is 14.5. The lowest BCUT2D eigenvalue weighted by Crippen LogP contribution is -2.60. The van der Waals surface area contributed by atoms with Gasteiger partial charge in [0, 0.05) is 39.6 Å². The molecule has 3 aromatic rings. The second-order valence-corrected chi connectivity index (χ2v) is 10.6. The Kier molecular flexibility index (Phi) is 6.97. The molecule has 0 aliphatic carbocycles. The predicted molar refractivity (Wildman–Crippen MR) is 142 cm³/mol. The quantitative estimate of drug-likeness (QED) is 0.276. The molecule has 2 aliphatic rings. The average Bonchev–Trinajstić information content (AvgIpc) is 3.29. The van der Waals surface area contributed by atoms with Gasteiger partial charge in [0.15, 0.2) is 11.6 Å². The van der Waals surface area contributed by atoms with Crippen molar-refractivity contribution in [3.05, 3.63) is 92.9 Å². The van der Waals surface area contributed by atoms with Gasteiger partial charge >= 0.3 is 0 Å². The van der Waals surface area contributed by atoms with Crippen LogP contribution in [0, 0.1) is 11.6 Å². The van der Waals surface area contributed by atoms with Crippen molar-refractivity contribution in [1.82, 2.24) is 15.0 Å². The number of nitrogens with zero attached hydrogens (tertiary/aromatic N) is 3. The van der Waals surface area contributed by atoms with Gasteiger partial charge in [-0.2, -0.15) is 0 Å². The number of aromatic nitrogens is 1. The van der Waals surface area contributed by atoms with E-state index in [1.807, 2.05) is 0 Å². The fourth-order valence-corrected chi connectivity index (χ4v) is 5.44. The standard InChI is InChI=1S/C27H22BrClF2N4O3/c1-27-10-3-11-35(27)34(14-16-4-2-5-19(30)23(16)31)26(38)22(24(27)36)25(37)33-20-8-7-17(28)12-18(20)15-6-9-21(29)32-13-15/h2,4-9,12-13,36H,3,10-11,14H2,1H3,(H,33,37). The maximum Gasteiger partial charge on any atom is 0.277 e. The minimum absolute atomic E-state index is 0.0424. The molecule has 3 heterocycles. The zero-order valence-corrected chi connectivity index (χ0v) is 22.5. The number of anilines is 1. The summed E-state index contributed by atoms with van der Waals surface area (Å²) in [6, 6.07) is 12.2. The predicted octanol–water partition coefficient (Wildman–Crippen LogP) is 6.01. The number of pyridine rings is 1. The summed E-state index contributed by atoms with van der Waals surface area (Å²) < 4.78 is 29.2. The van der Waals surface area contributed by atoms with E-state index in [2.05, 4.69) is 26.2 Å². The molecule has 2 amide bonds. The van der Waals surface area contributed by atoms with Crippen molar-refractivity contribution in [2.75, 3.05) is 11.9 Å². The van der Waals surface area contributed by atoms with Gasteiger partial charge in [-0.1, -0.05) is 39.7 Å². The van der Waals surface area contributed by atoms with E-state index < -0.39 is 34.6 Å². The van der Waals surface area contributed by atoms with Gasteiger partial charge in [0.1, 0.15) is 16.5 Å². The second-order valence-electron chi connectivity index (χ2n) is 9.31. The van der Waals surface area contributed by atoms with Crippen molar-refractivity contribution in [2.24, 2.45) is 0 Å². The summed E-state index contributed by atoms with van der Waals surface area (Å²) in [5, 5.41) is 17.1. The number of benzene rings is 2. The van der Waals surface area contributed by atoms with E-state index in [0.717, 1.165) is 10.5 Å². The van der Waals surface area contributed by atoms with Gasteiger partial charge in [0.25, 0.3) is 11.8 Å². The van der Waals surface area contributed by atoms with E-state index in [0.29, 0.717) is 41.4 Å². The zero-order chi connectivity index (χ0) is 27.2. The minimum Gasteiger partial charge on any atom is -0.509 e. The lowest BCUT2D eigenvalue weighted by Gasteiger charge is -2.46. The maximum absolute atomic E-state index is 14.5. The number of aliphatic hydroxyl groups excluding tert-OH is 1. The van der Waals surface area contributed by atoms with Gasteiger partial charge in [-0.3, -0.25) is 14.6 Å². The Balaban J connectivity index is 1.52. The van der Waals surface area contributed by atoms with Gasteiger partial charge in [0.05, 0.1) is 12.1 Å². The largest absolute Gasteiger partial charge is 0.509 e. The highest BCUT2D eigenvalue weighted by atomic mass is 79.9. The Labute approximate surface area is 230 Å². The molecular weight excluding hydrogens is 582 g/mol. The molecule has 1 unspecified atom stereocenters. The fraction of sp³-hybridized carbons (Fsp3) is 0.222. The number of fused-ring (bicyclic) bond motifs is 1. The van der Waals surface area contributed by atoms with Crippen molar-refractivity contribution in [1.29, 1.82) is 0 Å². The summed E-state index contributed by atoms with van der Waals surface area (Å²) in [7, 11) is 0.